The van der Waals surface area contributed by atoms with Crippen LogP contribution in [0.3, 0.4) is 0 Å². The summed E-state index contributed by atoms with van der Waals surface area (Å²) >= 11 is 0. The van der Waals surface area contributed by atoms with E-state index in [4.69, 9.17) is 0 Å². The fraction of sp³-hybridized carbons (Fsp3) is 0.333. The molecule has 3 aromatic rings. The van der Waals surface area contributed by atoms with Gasteiger partial charge in [0.25, 0.3) is 0 Å². The molecule has 0 atom stereocenters. The summed E-state index contributed by atoms with van der Waals surface area (Å²) in [6, 6.07) is 33.6. The summed E-state index contributed by atoms with van der Waals surface area (Å²) in [5.74, 6) is 0.806. The first kappa shape index (κ1) is 29.1. The number of allylic oxidation sites excluding steroid dienone is 4. The lowest BCUT2D eigenvalue weighted by Crippen LogP contribution is -3.00. The minimum atomic E-state index is -1.77. The smallest absolute Gasteiger partial charge is 0.115 e. The molecule has 0 spiro atoms. The molecule has 0 amide bonds. The van der Waals surface area contributed by atoms with E-state index in [9.17, 15) is 0 Å². The predicted molar refractivity (Wildman–Crippen MR) is 155 cm³/mol. The van der Waals surface area contributed by atoms with E-state index in [1.807, 2.05) is 0 Å². The van der Waals surface area contributed by atoms with Gasteiger partial charge in [-0.1, -0.05) is 92.1 Å². The van der Waals surface area contributed by atoms with Crippen molar-refractivity contribution in [3.63, 3.8) is 0 Å². The Hall–Kier alpha value is -2.14. The highest BCUT2D eigenvalue weighted by Crippen LogP contribution is 2.55. The molecule has 0 aliphatic heterocycles. The SMILES string of the molecule is CC(=CC[P+](c1ccccc1)(c1ccccc1)c1ccccc1)CCC=C(C)CCCC(C)C.[Cl-]. The third kappa shape index (κ3) is 8.49. The molecule has 0 nitrogen and oxygen atoms in total. The Labute approximate surface area is 221 Å². The zero-order valence-corrected chi connectivity index (χ0v) is 23.6. The van der Waals surface area contributed by atoms with Gasteiger partial charge in [0.2, 0.25) is 0 Å². The maximum atomic E-state index is 2.53. The molecular weight excluding hydrogens is 463 g/mol. The molecule has 0 saturated carbocycles. The van der Waals surface area contributed by atoms with Gasteiger partial charge >= 0.3 is 0 Å². The van der Waals surface area contributed by atoms with E-state index < -0.39 is 7.26 Å². The number of hydrogen-bond donors (Lipinski definition) is 0. The van der Waals surface area contributed by atoms with Crippen LogP contribution < -0.4 is 28.3 Å². The Kier molecular flexibility index (Phi) is 12.5. The van der Waals surface area contributed by atoms with E-state index in [0.717, 1.165) is 24.9 Å². The van der Waals surface area contributed by atoms with Crippen molar-refractivity contribution in [2.75, 3.05) is 6.16 Å². The van der Waals surface area contributed by atoms with Gasteiger partial charge in [-0.05, 0) is 87.9 Å². The molecule has 186 valence electrons. The number of hydrogen-bond acceptors (Lipinski definition) is 0. The molecule has 0 fully saturated rings. The van der Waals surface area contributed by atoms with Gasteiger partial charge in [-0.15, -0.1) is 0 Å². The summed E-state index contributed by atoms with van der Waals surface area (Å²) in [6.45, 7) is 9.25. The van der Waals surface area contributed by atoms with Crippen LogP contribution in [0.1, 0.15) is 59.8 Å². The minimum Gasteiger partial charge on any atom is -1.00 e. The Morgan fingerprint density at radius 3 is 1.51 bits per heavy atom. The van der Waals surface area contributed by atoms with Gasteiger partial charge in [-0.25, -0.2) is 0 Å². The van der Waals surface area contributed by atoms with Crippen LogP contribution in [0, 0.1) is 5.92 Å². The number of halogens is 1. The average Bonchev–Trinajstić information content (AvgIpc) is 2.86. The van der Waals surface area contributed by atoms with Crippen LogP contribution in [0.2, 0.25) is 0 Å². The molecule has 0 bridgehead atoms. The molecule has 2 heteroatoms. The first-order valence-electron chi connectivity index (χ1n) is 12.9. The van der Waals surface area contributed by atoms with Gasteiger partial charge in [0.1, 0.15) is 23.2 Å². The molecule has 0 unspecified atom stereocenters. The second kappa shape index (κ2) is 15.1. The molecule has 0 saturated heterocycles. The summed E-state index contributed by atoms with van der Waals surface area (Å²) in [4.78, 5) is 0. The van der Waals surface area contributed by atoms with Crippen molar-refractivity contribution in [2.24, 2.45) is 5.92 Å². The van der Waals surface area contributed by atoms with Crippen LogP contribution in [-0.4, -0.2) is 6.16 Å². The number of benzene rings is 3. The standard InChI is InChI=1S/C33H42P.ClH/c1-28(2)16-14-17-29(3)18-15-19-30(4)26-27-34(31-20-8-5-9-21-31,32-22-10-6-11-23-32)33-24-12-7-13-25-33;/h5-13,18,20-26,28H,14-17,19,27H2,1-4H3;1H/q+1;/p-1. The second-order valence-corrected chi connectivity index (χ2v) is 13.5. The topological polar surface area (TPSA) is 0 Å². The largest absolute Gasteiger partial charge is 1.00 e. The molecule has 0 N–H and O–H groups in total. The Bertz CT molecular complexity index is 940. The lowest BCUT2D eigenvalue weighted by Gasteiger charge is -2.27. The first-order chi connectivity index (χ1) is 16.5. The highest BCUT2D eigenvalue weighted by Gasteiger charge is 2.44. The van der Waals surface area contributed by atoms with E-state index in [2.05, 4.69) is 131 Å². The Morgan fingerprint density at radius 1 is 0.657 bits per heavy atom. The molecular formula is C33H42ClP. The zero-order valence-electron chi connectivity index (χ0n) is 22.0. The first-order valence-corrected chi connectivity index (χ1v) is 14.9. The van der Waals surface area contributed by atoms with Gasteiger partial charge in [-0.2, -0.15) is 0 Å². The fourth-order valence-electron chi connectivity index (χ4n) is 4.64. The lowest BCUT2D eigenvalue weighted by atomic mass is 10.0. The summed E-state index contributed by atoms with van der Waals surface area (Å²) in [5.41, 5.74) is 3.05. The molecule has 0 radical (unpaired) electrons. The van der Waals surface area contributed by atoms with Crippen molar-refractivity contribution in [2.45, 2.75) is 59.8 Å². The normalized spacial score (nSPS) is 12.5. The molecule has 0 heterocycles. The Balaban J connectivity index is 0.00000432. The second-order valence-electron chi connectivity index (χ2n) is 9.92. The van der Waals surface area contributed by atoms with Gasteiger partial charge in [0, 0.05) is 0 Å². The maximum absolute atomic E-state index is 2.53. The van der Waals surface area contributed by atoms with E-state index in [1.165, 1.54) is 40.7 Å². The summed E-state index contributed by atoms with van der Waals surface area (Å²) in [6.07, 6.45) is 12.2. The summed E-state index contributed by atoms with van der Waals surface area (Å²) in [7, 11) is -1.77. The van der Waals surface area contributed by atoms with Crippen molar-refractivity contribution in [3.05, 3.63) is 114 Å². The molecule has 0 aliphatic rings. The van der Waals surface area contributed by atoms with Crippen molar-refractivity contribution in [1.82, 2.24) is 0 Å². The van der Waals surface area contributed by atoms with Crippen molar-refractivity contribution >= 4 is 23.2 Å². The van der Waals surface area contributed by atoms with Crippen LogP contribution in [0.5, 0.6) is 0 Å². The quantitative estimate of drug-likeness (QED) is 0.226. The zero-order chi connectivity index (χ0) is 24.2. The molecule has 35 heavy (non-hydrogen) atoms. The molecule has 0 aliphatic carbocycles. The van der Waals surface area contributed by atoms with Gasteiger partial charge in [0.15, 0.2) is 0 Å². The molecule has 0 aromatic heterocycles. The highest BCUT2D eigenvalue weighted by atomic mass is 35.5. The van der Waals surface area contributed by atoms with Crippen LogP contribution in [0.25, 0.3) is 0 Å². The van der Waals surface area contributed by atoms with Crippen molar-refractivity contribution < 1.29 is 12.4 Å². The number of rotatable bonds is 12. The summed E-state index contributed by atoms with van der Waals surface area (Å²) in [5, 5.41) is 4.37. The van der Waals surface area contributed by atoms with Crippen LogP contribution >= 0.6 is 7.26 Å². The molecule has 3 rings (SSSR count). The van der Waals surface area contributed by atoms with Gasteiger partial charge in [-0.3, -0.25) is 0 Å². The van der Waals surface area contributed by atoms with Crippen LogP contribution in [0.15, 0.2) is 114 Å². The van der Waals surface area contributed by atoms with Crippen molar-refractivity contribution in [3.8, 4) is 0 Å². The van der Waals surface area contributed by atoms with Crippen LogP contribution in [-0.2, 0) is 0 Å². The van der Waals surface area contributed by atoms with Gasteiger partial charge in [0.05, 0.1) is 6.16 Å². The molecule has 3 aromatic carbocycles. The third-order valence-corrected chi connectivity index (χ3v) is 11.0. The minimum absolute atomic E-state index is 0. The maximum Gasteiger partial charge on any atom is 0.115 e. The van der Waals surface area contributed by atoms with E-state index in [1.54, 1.807) is 5.57 Å². The van der Waals surface area contributed by atoms with Gasteiger partial charge < -0.3 is 12.4 Å². The monoisotopic (exact) mass is 504 g/mol. The average molecular weight is 505 g/mol. The predicted octanol–water partition coefficient (Wildman–Crippen LogP) is 5.48. The van der Waals surface area contributed by atoms with E-state index in [-0.39, 0.29) is 12.4 Å². The highest BCUT2D eigenvalue weighted by molar-refractivity contribution is 7.95. The van der Waals surface area contributed by atoms with Crippen molar-refractivity contribution in [1.29, 1.82) is 0 Å². The Morgan fingerprint density at radius 2 is 1.09 bits per heavy atom. The van der Waals surface area contributed by atoms with Crippen LogP contribution in [0.4, 0.5) is 0 Å². The third-order valence-electron chi connectivity index (χ3n) is 6.69. The summed E-state index contributed by atoms with van der Waals surface area (Å²) < 4.78 is 0. The lowest BCUT2D eigenvalue weighted by molar-refractivity contribution is -0.00000719. The van der Waals surface area contributed by atoms with E-state index >= 15 is 0 Å². The fourth-order valence-corrected chi connectivity index (χ4v) is 8.80. The van der Waals surface area contributed by atoms with E-state index in [0.29, 0.717) is 0 Å².